The van der Waals surface area contributed by atoms with Gasteiger partial charge in [0.2, 0.25) is 15.8 Å². The van der Waals surface area contributed by atoms with E-state index in [4.69, 9.17) is 14.6 Å². The third-order valence-corrected chi connectivity index (χ3v) is 3.30. The minimum Gasteiger partial charge on any atom is -0.487 e. The summed E-state index contributed by atoms with van der Waals surface area (Å²) < 4.78 is 59.1. The molecule has 1 aromatic rings. The molecule has 0 fully saturated rings. The predicted octanol–water partition coefficient (Wildman–Crippen LogP) is 1.42. The van der Waals surface area contributed by atoms with Gasteiger partial charge in [-0.3, -0.25) is 0 Å². The average Bonchev–Trinajstić information content (AvgIpc) is 2.31. The van der Waals surface area contributed by atoms with Gasteiger partial charge in [-0.15, -0.1) is 0 Å². The maximum absolute atomic E-state index is 13.6. The molecule has 0 aliphatic rings. The van der Waals surface area contributed by atoms with E-state index in [1.54, 1.807) is 6.92 Å². The molecule has 1 atom stereocenters. The maximum atomic E-state index is 13.6. The van der Waals surface area contributed by atoms with E-state index in [0.717, 1.165) is 12.1 Å². The molecule has 1 aromatic carbocycles. The third kappa shape index (κ3) is 4.12. The first-order chi connectivity index (χ1) is 8.77. The quantitative estimate of drug-likeness (QED) is 0.860. The van der Waals surface area contributed by atoms with Gasteiger partial charge < -0.3 is 9.47 Å². The van der Waals surface area contributed by atoms with Crippen molar-refractivity contribution in [2.75, 3.05) is 13.7 Å². The molecule has 0 aliphatic carbocycles. The summed E-state index contributed by atoms with van der Waals surface area (Å²) in [6.07, 6.45) is 0.0725. The van der Waals surface area contributed by atoms with E-state index in [1.165, 1.54) is 7.11 Å². The van der Waals surface area contributed by atoms with Crippen LogP contribution in [-0.4, -0.2) is 28.2 Å². The molecule has 0 saturated heterocycles. The second kappa shape index (κ2) is 6.27. The summed E-state index contributed by atoms with van der Waals surface area (Å²) in [6, 6.07) is 1.90. The lowest BCUT2D eigenvalue weighted by Gasteiger charge is -2.15. The van der Waals surface area contributed by atoms with Crippen molar-refractivity contribution in [1.29, 1.82) is 0 Å². The van der Waals surface area contributed by atoms with Gasteiger partial charge in [-0.05, 0) is 19.1 Å². The summed E-state index contributed by atoms with van der Waals surface area (Å²) >= 11 is 0. The number of methoxy groups -OCH3 is 1. The summed E-state index contributed by atoms with van der Waals surface area (Å²) in [5.74, 6) is -3.29. The van der Waals surface area contributed by atoms with E-state index in [-0.39, 0.29) is 5.75 Å². The number of hydrogen-bond acceptors (Lipinski definition) is 4. The van der Waals surface area contributed by atoms with Crippen molar-refractivity contribution in [1.82, 2.24) is 0 Å². The van der Waals surface area contributed by atoms with Crippen molar-refractivity contribution in [3.63, 3.8) is 0 Å². The van der Waals surface area contributed by atoms with E-state index >= 15 is 0 Å². The largest absolute Gasteiger partial charge is 0.487 e. The molecule has 1 rings (SSSR count). The van der Waals surface area contributed by atoms with Crippen LogP contribution in [0.1, 0.15) is 13.3 Å². The number of primary sulfonamides is 1. The highest BCUT2D eigenvalue weighted by Crippen LogP contribution is 2.26. The smallest absolute Gasteiger partial charge is 0.241 e. The lowest BCUT2D eigenvalue weighted by molar-refractivity contribution is 0.131. The van der Waals surface area contributed by atoms with Crippen LogP contribution in [-0.2, 0) is 14.8 Å². The number of benzene rings is 1. The number of rotatable bonds is 6. The summed E-state index contributed by atoms with van der Waals surface area (Å²) in [6.45, 7) is 2.06. The summed E-state index contributed by atoms with van der Waals surface area (Å²) in [5, 5.41) is 4.75. The lowest BCUT2D eigenvalue weighted by atomic mass is 10.2. The van der Waals surface area contributed by atoms with Crippen LogP contribution >= 0.6 is 0 Å². The first-order valence-corrected chi connectivity index (χ1v) is 6.98. The normalized spacial score (nSPS) is 13.3. The maximum Gasteiger partial charge on any atom is 0.241 e. The van der Waals surface area contributed by atoms with Gasteiger partial charge in [-0.1, -0.05) is 0 Å². The minimum atomic E-state index is -4.31. The lowest BCUT2D eigenvalue weighted by Crippen LogP contribution is -2.18. The predicted molar refractivity (Wildman–Crippen MR) is 64.3 cm³/mol. The number of sulfonamides is 1. The second-order valence-corrected chi connectivity index (χ2v) is 5.47. The van der Waals surface area contributed by atoms with Gasteiger partial charge in [0.25, 0.3) is 0 Å². The van der Waals surface area contributed by atoms with Gasteiger partial charge in [0.15, 0.2) is 11.6 Å². The Morgan fingerprint density at radius 1 is 1.32 bits per heavy atom. The molecule has 0 bridgehead atoms. The van der Waals surface area contributed by atoms with Crippen LogP contribution in [0.5, 0.6) is 5.75 Å². The number of ether oxygens (including phenoxy) is 2. The Labute approximate surface area is 110 Å². The molecule has 0 amide bonds. The monoisotopic (exact) mass is 295 g/mol. The molecular weight excluding hydrogens is 280 g/mol. The molecule has 0 radical (unpaired) electrons. The number of halogens is 2. The standard InChI is InChI=1S/C11H15F2NO4S/c1-7(5-6-17-2)18-8-3-4-9(19(14,15)16)11(13)10(8)12/h3-4,7H,5-6H2,1-2H3,(H2,14,15,16). The first-order valence-electron chi connectivity index (χ1n) is 5.43. The van der Waals surface area contributed by atoms with Gasteiger partial charge >= 0.3 is 0 Å². The zero-order valence-corrected chi connectivity index (χ0v) is 11.3. The van der Waals surface area contributed by atoms with E-state index < -0.39 is 32.7 Å². The van der Waals surface area contributed by atoms with E-state index in [9.17, 15) is 17.2 Å². The van der Waals surface area contributed by atoms with Gasteiger partial charge in [-0.2, -0.15) is 4.39 Å². The van der Waals surface area contributed by atoms with Crippen molar-refractivity contribution < 1.29 is 26.7 Å². The van der Waals surface area contributed by atoms with E-state index in [1.807, 2.05) is 0 Å². The van der Waals surface area contributed by atoms with Crippen molar-refractivity contribution in [3.05, 3.63) is 23.8 Å². The van der Waals surface area contributed by atoms with Gasteiger partial charge in [-0.25, -0.2) is 17.9 Å². The zero-order chi connectivity index (χ0) is 14.6. The molecule has 2 N–H and O–H groups in total. The molecule has 8 heteroatoms. The molecule has 0 spiro atoms. The fraction of sp³-hybridized carbons (Fsp3) is 0.455. The third-order valence-electron chi connectivity index (χ3n) is 2.37. The summed E-state index contributed by atoms with van der Waals surface area (Å²) in [4.78, 5) is -0.901. The number of nitrogens with two attached hydrogens (primary N) is 1. The van der Waals surface area contributed by atoms with Crippen molar-refractivity contribution in [2.45, 2.75) is 24.3 Å². The van der Waals surface area contributed by atoms with Crippen LogP contribution in [0.3, 0.4) is 0 Å². The molecule has 0 aliphatic heterocycles. The van der Waals surface area contributed by atoms with Crippen LogP contribution in [0.25, 0.3) is 0 Å². The highest BCUT2D eigenvalue weighted by atomic mass is 32.2. The minimum absolute atomic E-state index is 0.367. The van der Waals surface area contributed by atoms with Crippen LogP contribution in [0.4, 0.5) is 8.78 Å². The Balaban J connectivity index is 2.97. The topological polar surface area (TPSA) is 78.6 Å². The molecule has 0 saturated carbocycles. The Morgan fingerprint density at radius 2 is 1.95 bits per heavy atom. The van der Waals surface area contributed by atoms with Gasteiger partial charge in [0, 0.05) is 20.1 Å². The first kappa shape index (κ1) is 15.8. The molecule has 19 heavy (non-hydrogen) atoms. The molecule has 5 nitrogen and oxygen atoms in total. The van der Waals surface area contributed by atoms with Gasteiger partial charge in [0.1, 0.15) is 4.90 Å². The molecule has 108 valence electrons. The van der Waals surface area contributed by atoms with Crippen LogP contribution in [0.2, 0.25) is 0 Å². The fourth-order valence-corrected chi connectivity index (χ4v) is 1.98. The SMILES string of the molecule is COCCC(C)Oc1ccc(S(N)(=O)=O)c(F)c1F. The van der Waals surface area contributed by atoms with E-state index in [0.29, 0.717) is 13.0 Å². The molecular formula is C11H15F2NO4S. The van der Waals surface area contributed by atoms with Crippen molar-refractivity contribution >= 4 is 10.0 Å². The number of hydrogen-bond donors (Lipinski definition) is 1. The average molecular weight is 295 g/mol. The second-order valence-electron chi connectivity index (χ2n) is 3.94. The Hall–Kier alpha value is -1.25. The van der Waals surface area contributed by atoms with E-state index in [2.05, 4.69) is 0 Å². The Morgan fingerprint density at radius 3 is 2.47 bits per heavy atom. The molecule has 0 heterocycles. The van der Waals surface area contributed by atoms with Crippen molar-refractivity contribution in [3.8, 4) is 5.75 Å². The highest BCUT2D eigenvalue weighted by molar-refractivity contribution is 7.89. The molecule has 1 unspecified atom stereocenters. The summed E-state index contributed by atoms with van der Waals surface area (Å²) in [5.41, 5.74) is 0. The van der Waals surface area contributed by atoms with Crippen molar-refractivity contribution in [2.24, 2.45) is 5.14 Å². The van der Waals surface area contributed by atoms with Gasteiger partial charge in [0.05, 0.1) is 6.10 Å². The highest BCUT2D eigenvalue weighted by Gasteiger charge is 2.22. The molecule has 0 aromatic heterocycles. The van der Waals surface area contributed by atoms with Crippen LogP contribution in [0.15, 0.2) is 17.0 Å². The Bertz CT molecular complexity index is 548. The van der Waals surface area contributed by atoms with Crippen LogP contribution in [0, 0.1) is 11.6 Å². The fourth-order valence-electron chi connectivity index (χ4n) is 1.38. The Kier molecular flexibility index (Phi) is 5.21. The zero-order valence-electron chi connectivity index (χ0n) is 10.5. The van der Waals surface area contributed by atoms with Crippen LogP contribution < -0.4 is 9.88 Å². The summed E-state index contributed by atoms with van der Waals surface area (Å²) in [7, 11) is -2.80.